The number of nitrogens with two attached hydrogens (primary N) is 1. The van der Waals surface area contributed by atoms with Gasteiger partial charge in [-0.1, -0.05) is 87.0 Å². The van der Waals surface area contributed by atoms with Gasteiger partial charge in [-0.05, 0) is 94.4 Å². The van der Waals surface area contributed by atoms with Gasteiger partial charge in [0.2, 0.25) is 5.91 Å². The van der Waals surface area contributed by atoms with Crippen LogP contribution in [0.25, 0.3) is 0 Å². The number of amides is 5. The van der Waals surface area contributed by atoms with Crippen LogP contribution in [-0.2, 0) is 40.1 Å². The number of aryl methyl sites for hydroxylation is 4. The van der Waals surface area contributed by atoms with E-state index in [2.05, 4.69) is 75.6 Å². The Morgan fingerprint density at radius 2 is 0.941 bits per heavy atom. The van der Waals surface area contributed by atoms with E-state index < -0.39 is 36.9 Å². The molecule has 17 nitrogen and oxygen atoms in total. The number of rotatable bonds is 9. The smallest absolute Gasteiger partial charge is 0.396 e. The Morgan fingerprint density at radius 1 is 0.559 bits per heavy atom. The number of fused-ring (bicyclic) bond motifs is 1. The van der Waals surface area contributed by atoms with Crippen LogP contribution in [-0.4, -0.2) is 62.9 Å². The molecule has 18 heteroatoms. The second-order valence-corrected chi connectivity index (χ2v) is 15.6. The van der Waals surface area contributed by atoms with E-state index in [1.807, 2.05) is 104 Å². The van der Waals surface area contributed by atoms with E-state index in [4.69, 9.17) is 12.1 Å². The molecule has 2 fully saturated rings. The van der Waals surface area contributed by atoms with Gasteiger partial charge in [-0.25, -0.2) is 9.97 Å². The summed E-state index contributed by atoms with van der Waals surface area (Å²) in [6, 6.07) is 40.0. The van der Waals surface area contributed by atoms with Gasteiger partial charge in [0.15, 0.2) is 5.82 Å². The number of pyridine rings is 2. The fourth-order valence-electron chi connectivity index (χ4n) is 6.66. The molecule has 9 rings (SSSR count). The van der Waals surface area contributed by atoms with E-state index in [0.29, 0.717) is 23.7 Å². The zero-order valence-electron chi connectivity index (χ0n) is 38.7. The molecule has 4 aromatic carbocycles. The number of nitrogens with one attached hydrogen (secondary N) is 3. The van der Waals surface area contributed by atoms with Crippen LogP contribution in [0.3, 0.4) is 0 Å². The van der Waals surface area contributed by atoms with Crippen LogP contribution >= 0.6 is 0 Å². The number of aromatic nitrogens is 2. The molecule has 350 valence electrons. The summed E-state index contributed by atoms with van der Waals surface area (Å²) in [6.45, 7) is 8.21. The summed E-state index contributed by atoms with van der Waals surface area (Å²) in [5, 5.41) is 10.4. The molecule has 2 aromatic heterocycles. The molecule has 3 aliphatic rings. The zero-order valence-corrected chi connectivity index (χ0v) is 37.7. The number of carbonyl (C=O) groups is 6. The summed E-state index contributed by atoms with van der Waals surface area (Å²) in [5.74, 6) is 0.155. The molecule has 2 saturated heterocycles. The van der Waals surface area contributed by atoms with E-state index in [-0.39, 0.29) is 41.7 Å². The Balaban J connectivity index is 0.000000167. The number of anilines is 9. The van der Waals surface area contributed by atoms with Crippen molar-refractivity contribution < 1.29 is 44.2 Å². The first kappa shape index (κ1) is 47.3. The quantitative estimate of drug-likeness (QED) is 0.0994. The third kappa shape index (κ3) is 12.8. The van der Waals surface area contributed by atoms with Gasteiger partial charge in [0.25, 0.3) is 23.6 Å². The number of benzene rings is 4. The van der Waals surface area contributed by atoms with Crippen LogP contribution in [0.15, 0.2) is 121 Å². The summed E-state index contributed by atoms with van der Waals surface area (Å²) in [5.41, 5.74) is 16.2. The van der Waals surface area contributed by atoms with Crippen LogP contribution in [0, 0.1) is 27.7 Å². The second-order valence-electron chi connectivity index (χ2n) is 15.6. The summed E-state index contributed by atoms with van der Waals surface area (Å²) in [6.07, 6.45) is -1.34. The molecule has 0 radical (unpaired) electrons. The summed E-state index contributed by atoms with van der Waals surface area (Å²) < 4.78 is 15.5. The Labute approximate surface area is 393 Å². The van der Waals surface area contributed by atoms with Gasteiger partial charge in [-0.3, -0.25) is 42.9 Å². The number of nitrogen functional groups attached to an aromatic ring is 1. The van der Waals surface area contributed by atoms with Gasteiger partial charge in [-0.15, -0.1) is 0 Å². The van der Waals surface area contributed by atoms with Crippen LogP contribution in [0.2, 0.25) is 0 Å². The number of alkyl halides is 1. The highest BCUT2D eigenvalue weighted by Gasteiger charge is 2.37. The van der Waals surface area contributed by atoms with Crippen molar-refractivity contribution in [1.82, 2.24) is 20.1 Å². The van der Waals surface area contributed by atoms with Crippen molar-refractivity contribution in [3.63, 3.8) is 0 Å². The van der Waals surface area contributed by atoms with E-state index in [9.17, 15) is 33.2 Å². The molecule has 0 saturated carbocycles. The fourth-order valence-corrected chi connectivity index (χ4v) is 6.66. The molecule has 0 bridgehead atoms. The Morgan fingerprint density at radius 3 is 1.38 bits per heavy atom. The van der Waals surface area contributed by atoms with Crippen molar-refractivity contribution >= 4 is 87.4 Å². The largest absolute Gasteiger partial charge is 0.560 e. The van der Waals surface area contributed by atoms with E-state index >= 15 is 0 Å². The molecular weight excluding hydrogens is 874 g/mol. The molecule has 0 spiro atoms. The standard InChI is InChI=1S/C21H19N3O.C19H20N4.C9H8N2O7.CH3F/c1-14-3-8-17(9-4-14)22-19-12-7-16-13-20(25)24(21(16)23-19)18-10-5-15(2)6-11-18;1-13-3-7-15(8-4-13)21-18-12-11-17(20)19(23-18)22-16-9-5-14(2)6-10-16;12-5-1-2-6(13)10(5)17-9(16)18-11-7(14)3-4-8(11)15;1-2/h3-12H,13H2,1-2H3,(H,22,23);3-12H,20H2,1-2H3,(H2,21,22,23);1-4H2;1H3/i;;;1D. The predicted octanol–water partition coefficient (Wildman–Crippen LogP) is 9.28. The molecule has 5 N–H and O–H groups in total. The van der Waals surface area contributed by atoms with Crippen molar-refractivity contribution in [2.75, 3.05) is 33.7 Å². The van der Waals surface area contributed by atoms with E-state index in [0.717, 1.165) is 39.9 Å². The first-order chi connectivity index (χ1) is 33.1. The summed E-state index contributed by atoms with van der Waals surface area (Å²) in [7, 11) is -1.00. The topological polar surface area (TPSA) is 218 Å². The lowest BCUT2D eigenvalue weighted by molar-refractivity contribution is -0.198. The maximum Gasteiger partial charge on any atom is 0.560 e. The first-order valence-corrected chi connectivity index (χ1v) is 21.2. The average Bonchev–Trinajstić information content (AvgIpc) is 3.95. The Hall–Kier alpha value is -8.67. The highest BCUT2D eigenvalue weighted by atomic mass is 19.1. The van der Waals surface area contributed by atoms with Gasteiger partial charge < -0.3 is 21.7 Å². The van der Waals surface area contributed by atoms with Gasteiger partial charge in [-0.2, -0.15) is 4.79 Å². The van der Waals surface area contributed by atoms with Crippen LogP contribution in [0.1, 0.15) is 54.9 Å². The fraction of sp³-hybridized carbons (Fsp3) is 0.200. The third-order valence-electron chi connectivity index (χ3n) is 10.3. The number of hydrogen-bond acceptors (Lipinski definition) is 14. The highest BCUT2D eigenvalue weighted by Crippen LogP contribution is 2.35. The Kier molecular flexibility index (Phi) is 15.6. The number of halogens is 1. The Bertz CT molecular complexity index is 2740. The molecular formula is C50H50FN9O8. The lowest BCUT2D eigenvalue weighted by atomic mass is 10.2. The minimum Gasteiger partial charge on any atom is -0.396 e. The van der Waals surface area contributed by atoms with Gasteiger partial charge in [0.1, 0.15) is 17.5 Å². The number of carbonyl (C=O) groups excluding carboxylic acids is 6. The SMILES string of the molecule is Cc1ccc(Nc2ccc(N)c(Nc3ccc(C)cc3)n2)cc1.Cc1ccc(Nc2ccc3c(n2)N(c2ccc(C)cc2)C(=O)C3)cc1.O=C(ON1C(=O)CCC1=O)ON1C(=O)CCC1=O.[2H]CF. The first-order valence-electron chi connectivity index (χ1n) is 21.9. The lowest BCUT2D eigenvalue weighted by Crippen LogP contribution is -2.37. The number of hydroxylamine groups is 4. The maximum absolute atomic E-state index is 12.5. The highest BCUT2D eigenvalue weighted by molar-refractivity contribution is 6.06. The molecule has 5 heterocycles. The molecule has 68 heavy (non-hydrogen) atoms. The van der Waals surface area contributed by atoms with Gasteiger partial charge >= 0.3 is 6.16 Å². The molecule has 0 unspecified atom stereocenters. The molecule has 6 aromatic rings. The van der Waals surface area contributed by atoms with Crippen molar-refractivity contribution in [3.8, 4) is 0 Å². The van der Waals surface area contributed by atoms with E-state index in [1.165, 1.54) is 22.3 Å². The third-order valence-corrected chi connectivity index (χ3v) is 10.3. The molecule has 0 aliphatic carbocycles. The maximum atomic E-state index is 12.5. The van der Waals surface area contributed by atoms with Crippen molar-refractivity contribution in [2.24, 2.45) is 0 Å². The van der Waals surface area contributed by atoms with Crippen molar-refractivity contribution in [3.05, 3.63) is 149 Å². The normalized spacial score (nSPS) is 13.8. The van der Waals surface area contributed by atoms with Crippen LogP contribution in [0.4, 0.5) is 60.9 Å². The number of imide groups is 2. The van der Waals surface area contributed by atoms with E-state index in [1.54, 1.807) is 4.90 Å². The molecule has 5 amide bonds. The zero-order chi connectivity index (χ0) is 49.6. The minimum absolute atomic E-state index is 0.0545. The van der Waals surface area contributed by atoms with Crippen molar-refractivity contribution in [1.29, 1.82) is 0 Å². The molecule has 3 aliphatic heterocycles. The number of nitrogens with zero attached hydrogens (tertiary/aromatic N) is 5. The van der Waals surface area contributed by atoms with Crippen molar-refractivity contribution in [2.45, 2.75) is 59.8 Å². The molecule has 0 atom stereocenters. The second kappa shape index (κ2) is 22.5. The summed E-state index contributed by atoms with van der Waals surface area (Å²) in [4.78, 5) is 87.7. The minimum atomic E-state index is -1.48. The van der Waals surface area contributed by atoms with Gasteiger partial charge in [0, 0.05) is 48.3 Å². The van der Waals surface area contributed by atoms with Gasteiger partial charge in [0.05, 0.1) is 26.3 Å². The number of hydrogen-bond donors (Lipinski definition) is 4. The van der Waals surface area contributed by atoms with Crippen LogP contribution in [0.5, 0.6) is 0 Å². The predicted molar refractivity (Wildman–Crippen MR) is 255 cm³/mol. The summed E-state index contributed by atoms with van der Waals surface area (Å²) >= 11 is 0. The monoisotopic (exact) mass is 924 g/mol. The van der Waals surface area contributed by atoms with Crippen LogP contribution < -0.4 is 26.6 Å². The lowest BCUT2D eigenvalue weighted by Gasteiger charge is -2.17. The average molecular weight is 925 g/mol.